The summed E-state index contributed by atoms with van der Waals surface area (Å²) >= 11 is 0. The first kappa shape index (κ1) is 18.5. The number of para-hydroxylation sites is 1. The summed E-state index contributed by atoms with van der Waals surface area (Å²) in [5.74, 6) is 0.320. The van der Waals surface area contributed by atoms with Crippen molar-refractivity contribution >= 4 is 28.7 Å². The number of fused-ring (bicyclic) bond motifs is 1. The first-order valence-electron chi connectivity index (χ1n) is 8.72. The van der Waals surface area contributed by atoms with E-state index < -0.39 is 0 Å². The van der Waals surface area contributed by atoms with Gasteiger partial charge in [-0.15, -0.1) is 0 Å². The quantitative estimate of drug-likeness (QED) is 0.360. The zero-order valence-electron chi connectivity index (χ0n) is 15.3. The third-order valence-electron chi connectivity index (χ3n) is 4.21. The zero-order valence-corrected chi connectivity index (χ0v) is 15.3. The molecule has 0 unspecified atom stereocenters. The molecule has 0 aliphatic heterocycles. The lowest BCUT2D eigenvalue weighted by Crippen LogP contribution is -2.12. The third-order valence-corrected chi connectivity index (χ3v) is 4.21. The fourth-order valence-corrected chi connectivity index (χ4v) is 2.90. The molecule has 1 aromatic heterocycles. The van der Waals surface area contributed by atoms with Gasteiger partial charge in [0.05, 0.1) is 13.7 Å². The lowest BCUT2D eigenvalue weighted by atomic mass is 10.1. The number of carbonyl (C=O) groups excluding carboxylic acids is 2. The molecule has 0 N–H and O–H groups in total. The van der Waals surface area contributed by atoms with Crippen molar-refractivity contribution in [1.82, 2.24) is 4.57 Å². The number of allylic oxidation sites excluding steroid dienone is 1. The van der Waals surface area contributed by atoms with E-state index in [0.29, 0.717) is 17.9 Å². The number of nitrogens with zero attached hydrogens (tertiary/aromatic N) is 1. The Hall–Kier alpha value is -3.34. The van der Waals surface area contributed by atoms with E-state index in [1.54, 1.807) is 44.4 Å². The van der Waals surface area contributed by atoms with Crippen molar-refractivity contribution in [3.8, 4) is 5.75 Å². The van der Waals surface area contributed by atoms with Crippen LogP contribution in [0.2, 0.25) is 0 Å². The number of hydrogen-bond donors (Lipinski definition) is 0. The molecule has 0 aliphatic rings. The molecule has 138 valence electrons. The summed E-state index contributed by atoms with van der Waals surface area (Å²) in [5.41, 5.74) is 2.38. The van der Waals surface area contributed by atoms with Gasteiger partial charge < -0.3 is 14.0 Å². The molecular formula is C22H21NO4. The molecule has 0 amide bonds. The van der Waals surface area contributed by atoms with Gasteiger partial charge in [0.25, 0.3) is 0 Å². The van der Waals surface area contributed by atoms with Gasteiger partial charge in [0.1, 0.15) is 12.3 Å². The number of carbonyl (C=O) groups is 2. The largest absolute Gasteiger partial charge is 0.497 e. The van der Waals surface area contributed by atoms with E-state index in [1.807, 2.05) is 35.0 Å². The summed E-state index contributed by atoms with van der Waals surface area (Å²) in [4.78, 5) is 24.3. The molecule has 0 saturated heterocycles. The second-order valence-electron chi connectivity index (χ2n) is 5.96. The van der Waals surface area contributed by atoms with Crippen molar-refractivity contribution in [3.63, 3.8) is 0 Å². The van der Waals surface area contributed by atoms with E-state index in [1.165, 1.54) is 6.08 Å². The lowest BCUT2D eigenvalue weighted by Gasteiger charge is -2.04. The van der Waals surface area contributed by atoms with Crippen LogP contribution in [0.5, 0.6) is 5.75 Å². The van der Waals surface area contributed by atoms with Crippen molar-refractivity contribution in [2.75, 3.05) is 13.7 Å². The predicted octanol–water partition coefficient (Wildman–Crippen LogP) is 4.11. The van der Waals surface area contributed by atoms with Crippen molar-refractivity contribution in [2.45, 2.75) is 13.5 Å². The van der Waals surface area contributed by atoms with Crippen LogP contribution < -0.4 is 4.74 Å². The van der Waals surface area contributed by atoms with Gasteiger partial charge >= 0.3 is 5.97 Å². The molecule has 0 spiro atoms. The summed E-state index contributed by atoms with van der Waals surface area (Å²) < 4.78 is 12.0. The number of esters is 1. The van der Waals surface area contributed by atoms with E-state index >= 15 is 0 Å². The Morgan fingerprint density at radius 3 is 2.52 bits per heavy atom. The summed E-state index contributed by atoms with van der Waals surface area (Å²) in [6.45, 7) is 2.26. The van der Waals surface area contributed by atoms with Gasteiger partial charge in [0.15, 0.2) is 5.78 Å². The number of aromatic nitrogens is 1. The van der Waals surface area contributed by atoms with Crippen LogP contribution in [0.3, 0.4) is 0 Å². The highest BCUT2D eigenvalue weighted by Gasteiger charge is 2.10. The molecule has 0 radical (unpaired) electrons. The molecule has 5 heteroatoms. The molecule has 0 aliphatic carbocycles. The van der Waals surface area contributed by atoms with E-state index in [2.05, 4.69) is 0 Å². The van der Waals surface area contributed by atoms with Gasteiger partial charge in [-0.1, -0.05) is 18.2 Å². The predicted molar refractivity (Wildman–Crippen MR) is 105 cm³/mol. The summed E-state index contributed by atoms with van der Waals surface area (Å²) in [5, 5.41) is 0.973. The van der Waals surface area contributed by atoms with E-state index in [9.17, 15) is 9.59 Å². The Bertz CT molecular complexity index is 983. The number of ether oxygens (including phenoxy) is 2. The van der Waals surface area contributed by atoms with E-state index in [0.717, 1.165) is 16.5 Å². The molecular weight excluding hydrogens is 342 g/mol. The summed E-state index contributed by atoms with van der Waals surface area (Å²) in [6, 6.07) is 14.7. The van der Waals surface area contributed by atoms with Crippen LogP contribution in [0.15, 0.2) is 60.8 Å². The van der Waals surface area contributed by atoms with Gasteiger partial charge in [-0.2, -0.15) is 0 Å². The Morgan fingerprint density at radius 1 is 1.07 bits per heavy atom. The standard InChI is InChI=1S/C22H21NO4/c1-3-27-22(25)15-23-14-17(19-6-4-5-7-20(19)23)10-13-21(24)16-8-11-18(26-2)12-9-16/h4-14H,3,15H2,1-2H3/b13-10+. The van der Waals surface area contributed by atoms with Crippen molar-refractivity contribution in [3.05, 3.63) is 71.9 Å². The van der Waals surface area contributed by atoms with Crippen LogP contribution in [0, 0.1) is 0 Å². The topological polar surface area (TPSA) is 57.5 Å². The Kier molecular flexibility index (Phi) is 5.71. The highest BCUT2D eigenvalue weighted by molar-refractivity contribution is 6.07. The lowest BCUT2D eigenvalue weighted by molar-refractivity contribution is -0.143. The monoisotopic (exact) mass is 363 g/mol. The maximum absolute atomic E-state index is 12.4. The molecule has 0 bridgehead atoms. The number of methoxy groups -OCH3 is 1. The van der Waals surface area contributed by atoms with Crippen LogP contribution >= 0.6 is 0 Å². The van der Waals surface area contributed by atoms with Crippen molar-refractivity contribution in [1.29, 1.82) is 0 Å². The fourth-order valence-electron chi connectivity index (χ4n) is 2.90. The average molecular weight is 363 g/mol. The summed E-state index contributed by atoms with van der Waals surface area (Å²) in [7, 11) is 1.59. The van der Waals surface area contributed by atoms with Crippen molar-refractivity contribution in [2.24, 2.45) is 0 Å². The van der Waals surface area contributed by atoms with E-state index in [4.69, 9.17) is 9.47 Å². The molecule has 0 saturated carbocycles. The number of rotatable bonds is 7. The smallest absolute Gasteiger partial charge is 0.325 e. The van der Waals surface area contributed by atoms with Crippen LogP contribution in [0.4, 0.5) is 0 Å². The molecule has 0 fully saturated rings. The molecule has 3 rings (SSSR count). The Morgan fingerprint density at radius 2 is 1.81 bits per heavy atom. The molecule has 0 atom stereocenters. The molecule has 3 aromatic rings. The average Bonchev–Trinajstić information content (AvgIpc) is 3.04. The molecule has 5 nitrogen and oxygen atoms in total. The SMILES string of the molecule is CCOC(=O)Cn1cc(/C=C/C(=O)c2ccc(OC)cc2)c2ccccc21. The van der Waals surface area contributed by atoms with Gasteiger partial charge in [0.2, 0.25) is 0 Å². The number of benzene rings is 2. The third kappa shape index (κ3) is 4.26. The maximum Gasteiger partial charge on any atom is 0.325 e. The maximum atomic E-state index is 12.4. The normalized spacial score (nSPS) is 11.0. The minimum Gasteiger partial charge on any atom is -0.497 e. The summed E-state index contributed by atoms with van der Waals surface area (Å²) in [6.07, 6.45) is 5.17. The van der Waals surface area contributed by atoms with Crippen molar-refractivity contribution < 1.29 is 19.1 Å². The van der Waals surface area contributed by atoms with Gasteiger partial charge in [0, 0.05) is 28.2 Å². The number of ketones is 1. The van der Waals surface area contributed by atoms with Crippen LogP contribution in [-0.4, -0.2) is 30.0 Å². The van der Waals surface area contributed by atoms with E-state index in [-0.39, 0.29) is 18.3 Å². The minimum absolute atomic E-state index is 0.0973. The Labute approximate surface area is 157 Å². The minimum atomic E-state index is -0.289. The Balaban J connectivity index is 1.86. The molecule has 27 heavy (non-hydrogen) atoms. The highest BCUT2D eigenvalue weighted by Crippen LogP contribution is 2.23. The zero-order chi connectivity index (χ0) is 19.2. The molecule has 2 aromatic carbocycles. The first-order chi connectivity index (χ1) is 13.1. The van der Waals surface area contributed by atoms with Crippen LogP contribution in [0.1, 0.15) is 22.8 Å². The van der Waals surface area contributed by atoms with Gasteiger partial charge in [-0.3, -0.25) is 9.59 Å². The highest BCUT2D eigenvalue weighted by atomic mass is 16.5. The second-order valence-corrected chi connectivity index (χ2v) is 5.96. The van der Waals surface area contributed by atoms with Gasteiger partial charge in [-0.25, -0.2) is 0 Å². The van der Waals surface area contributed by atoms with Gasteiger partial charge in [-0.05, 0) is 49.4 Å². The fraction of sp³-hybridized carbons (Fsp3) is 0.182. The van der Waals surface area contributed by atoms with Crippen LogP contribution in [0.25, 0.3) is 17.0 Å². The second kappa shape index (κ2) is 8.36. The van der Waals surface area contributed by atoms with Crippen LogP contribution in [-0.2, 0) is 16.1 Å². The first-order valence-corrected chi connectivity index (χ1v) is 8.72. The molecule has 1 heterocycles. The number of hydrogen-bond acceptors (Lipinski definition) is 4.